The Labute approximate surface area is 148 Å². The first-order valence-electron chi connectivity index (χ1n) is 8.06. The first-order chi connectivity index (χ1) is 12.2. The molecule has 0 spiro atoms. The molecular weight excluding hydrogens is 350 g/mol. The minimum Gasteiger partial charge on any atom is -0.469 e. The standard InChI is InChI=1S/C16H17BF3N3O3/c1-26-13(24)4-9-2-8-3-12(17)14-10(5-21-22-14)11(8)6-23(15(9)25)7-16(18,19)20/h3,5,9H,2,4,6-7,17H2,1H3,(H,21,22)/t9-/m0/s1. The van der Waals surface area contributed by atoms with E-state index in [0.29, 0.717) is 10.9 Å². The summed E-state index contributed by atoms with van der Waals surface area (Å²) in [5.41, 5.74) is 2.99. The molecule has 2 heterocycles. The number of carbonyl (C=O) groups excluding carboxylic acids is 2. The highest BCUT2D eigenvalue weighted by atomic mass is 19.4. The van der Waals surface area contributed by atoms with Gasteiger partial charge in [-0.1, -0.05) is 11.5 Å². The average molecular weight is 367 g/mol. The van der Waals surface area contributed by atoms with Crippen LogP contribution in [-0.2, 0) is 27.3 Å². The van der Waals surface area contributed by atoms with Crippen molar-refractivity contribution in [2.75, 3.05) is 13.7 Å². The van der Waals surface area contributed by atoms with Gasteiger partial charge in [0.2, 0.25) is 5.91 Å². The summed E-state index contributed by atoms with van der Waals surface area (Å²) in [5.74, 6) is -2.21. The summed E-state index contributed by atoms with van der Waals surface area (Å²) in [5, 5.41) is 7.50. The quantitative estimate of drug-likeness (QED) is 0.632. The molecule has 0 saturated heterocycles. The highest BCUT2D eigenvalue weighted by Gasteiger charge is 2.38. The van der Waals surface area contributed by atoms with E-state index in [1.54, 1.807) is 6.20 Å². The second kappa shape index (κ2) is 6.66. The van der Waals surface area contributed by atoms with E-state index in [0.717, 1.165) is 21.4 Å². The second-order valence-electron chi connectivity index (χ2n) is 6.48. The van der Waals surface area contributed by atoms with Crippen molar-refractivity contribution in [1.29, 1.82) is 0 Å². The SMILES string of the molecule is Bc1cc2c(c3cn[nH]c13)CN(CC(F)(F)F)C(=O)[C@H](CC(=O)OC)C2. The predicted octanol–water partition coefficient (Wildman–Crippen LogP) is 0.448. The Morgan fingerprint density at radius 1 is 1.50 bits per heavy atom. The molecule has 0 bridgehead atoms. The molecular formula is C16H17BF3N3O3. The first-order valence-corrected chi connectivity index (χ1v) is 8.06. The van der Waals surface area contributed by atoms with E-state index < -0.39 is 30.5 Å². The van der Waals surface area contributed by atoms with Crippen LogP contribution in [0, 0.1) is 5.92 Å². The Kier molecular flexibility index (Phi) is 4.68. The van der Waals surface area contributed by atoms with Crippen LogP contribution in [0.25, 0.3) is 10.9 Å². The van der Waals surface area contributed by atoms with Gasteiger partial charge in [-0.2, -0.15) is 18.3 Å². The fraction of sp³-hybridized carbons (Fsp3) is 0.438. The van der Waals surface area contributed by atoms with Crippen LogP contribution in [0.2, 0.25) is 0 Å². The van der Waals surface area contributed by atoms with Crippen LogP contribution in [0.15, 0.2) is 12.3 Å². The third-order valence-corrected chi connectivity index (χ3v) is 4.62. The number of nitrogens with zero attached hydrogens (tertiary/aromatic N) is 2. The lowest BCUT2D eigenvalue weighted by Crippen LogP contribution is -2.41. The number of nitrogens with one attached hydrogen (secondary N) is 1. The molecule has 2 aromatic rings. The third-order valence-electron chi connectivity index (χ3n) is 4.62. The Balaban J connectivity index is 2.08. The summed E-state index contributed by atoms with van der Waals surface area (Å²) in [6.07, 6.45) is -3.06. The summed E-state index contributed by atoms with van der Waals surface area (Å²) in [6, 6.07) is 1.84. The number of aromatic nitrogens is 2. The van der Waals surface area contributed by atoms with Crippen molar-refractivity contribution in [1.82, 2.24) is 15.1 Å². The number of carbonyl (C=O) groups is 2. The molecule has 1 aliphatic heterocycles. The van der Waals surface area contributed by atoms with Gasteiger partial charge < -0.3 is 9.64 Å². The van der Waals surface area contributed by atoms with E-state index in [4.69, 9.17) is 0 Å². The smallest absolute Gasteiger partial charge is 0.406 e. The van der Waals surface area contributed by atoms with Crippen LogP contribution in [0.4, 0.5) is 13.2 Å². The van der Waals surface area contributed by atoms with Crippen LogP contribution in [0.3, 0.4) is 0 Å². The second-order valence-corrected chi connectivity index (χ2v) is 6.48. The van der Waals surface area contributed by atoms with Crippen molar-refractivity contribution < 1.29 is 27.5 Å². The molecule has 0 radical (unpaired) electrons. The number of rotatable bonds is 3. The molecule has 0 saturated carbocycles. The zero-order valence-electron chi connectivity index (χ0n) is 14.3. The lowest BCUT2D eigenvalue weighted by atomic mass is 9.86. The Bertz CT molecular complexity index is 866. The number of amides is 1. The highest BCUT2D eigenvalue weighted by molar-refractivity contribution is 6.38. The van der Waals surface area contributed by atoms with E-state index in [1.807, 2.05) is 13.9 Å². The fourth-order valence-electron chi connectivity index (χ4n) is 3.45. The summed E-state index contributed by atoms with van der Waals surface area (Å²) in [7, 11) is 3.04. The average Bonchev–Trinajstić information content (AvgIpc) is 3.00. The molecule has 6 nitrogen and oxygen atoms in total. The number of ether oxygens (including phenoxy) is 1. The van der Waals surface area contributed by atoms with Crippen molar-refractivity contribution in [3.05, 3.63) is 23.4 Å². The van der Waals surface area contributed by atoms with Gasteiger partial charge >= 0.3 is 12.1 Å². The predicted molar refractivity (Wildman–Crippen MR) is 89.6 cm³/mol. The van der Waals surface area contributed by atoms with Gasteiger partial charge in [-0.15, -0.1) is 0 Å². The number of alkyl halides is 3. The van der Waals surface area contributed by atoms with Crippen molar-refractivity contribution in [2.45, 2.75) is 25.6 Å². The third kappa shape index (κ3) is 3.54. The number of esters is 1. The van der Waals surface area contributed by atoms with Gasteiger partial charge in [0.15, 0.2) is 0 Å². The van der Waals surface area contributed by atoms with Gasteiger partial charge in [0.05, 0.1) is 31.2 Å². The summed E-state index contributed by atoms with van der Waals surface area (Å²) < 4.78 is 43.6. The first kappa shape index (κ1) is 18.3. The van der Waals surface area contributed by atoms with Crippen molar-refractivity contribution in [3.8, 4) is 0 Å². The van der Waals surface area contributed by atoms with Gasteiger partial charge in [-0.05, 0) is 17.5 Å². The summed E-state index contributed by atoms with van der Waals surface area (Å²) in [4.78, 5) is 25.1. The zero-order valence-corrected chi connectivity index (χ0v) is 14.3. The van der Waals surface area contributed by atoms with E-state index >= 15 is 0 Å². The maximum atomic E-state index is 13.0. The summed E-state index contributed by atoms with van der Waals surface area (Å²) in [6.45, 7) is -1.54. The van der Waals surface area contributed by atoms with Gasteiger partial charge in [-0.3, -0.25) is 14.7 Å². The van der Waals surface area contributed by atoms with Gasteiger partial charge in [0.1, 0.15) is 14.4 Å². The number of fused-ring (bicyclic) bond motifs is 3. The molecule has 1 aromatic heterocycles. The van der Waals surface area contributed by atoms with Crippen molar-refractivity contribution >= 4 is 36.1 Å². The van der Waals surface area contributed by atoms with Crippen molar-refractivity contribution in [2.24, 2.45) is 5.92 Å². The Morgan fingerprint density at radius 3 is 2.88 bits per heavy atom. The van der Waals surface area contributed by atoms with Crippen LogP contribution in [-0.4, -0.2) is 54.7 Å². The molecule has 26 heavy (non-hydrogen) atoms. The minimum atomic E-state index is -4.53. The molecule has 1 aliphatic rings. The van der Waals surface area contributed by atoms with Crippen LogP contribution < -0.4 is 5.46 Å². The van der Waals surface area contributed by atoms with Crippen LogP contribution in [0.5, 0.6) is 0 Å². The molecule has 1 N–H and O–H groups in total. The van der Waals surface area contributed by atoms with Crippen molar-refractivity contribution in [3.63, 3.8) is 0 Å². The Morgan fingerprint density at radius 2 is 2.23 bits per heavy atom. The highest BCUT2D eigenvalue weighted by Crippen LogP contribution is 2.31. The van der Waals surface area contributed by atoms with E-state index in [1.165, 1.54) is 7.11 Å². The number of hydrogen-bond donors (Lipinski definition) is 1. The van der Waals surface area contributed by atoms with Gasteiger partial charge in [0.25, 0.3) is 0 Å². The number of aromatic amines is 1. The van der Waals surface area contributed by atoms with E-state index in [-0.39, 0.29) is 19.4 Å². The molecule has 10 heteroatoms. The van der Waals surface area contributed by atoms with E-state index in [9.17, 15) is 22.8 Å². The van der Waals surface area contributed by atoms with E-state index in [2.05, 4.69) is 14.9 Å². The lowest BCUT2D eigenvalue weighted by Gasteiger charge is -2.25. The minimum absolute atomic E-state index is 0.179. The van der Waals surface area contributed by atoms with Crippen LogP contribution >= 0.6 is 0 Å². The molecule has 0 aliphatic carbocycles. The number of H-pyrrole nitrogens is 1. The molecule has 138 valence electrons. The number of benzene rings is 1. The number of methoxy groups -OCH3 is 1. The zero-order chi connectivity index (χ0) is 19.1. The molecule has 3 rings (SSSR count). The lowest BCUT2D eigenvalue weighted by molar-refractivity contribution is -0.165. The molecule has 0 unspecified atom stereocenters. The molecule has 1 aromatic carbocycles. The monoisotopic (exact) mass is 367 g/mol. The molecule has 1 atom stereocenters. The van der Waals surface area contributed by atoms with Gasteiger partial charge in [-0.25, -0.2) is 0 Å². The fourth-order valence-corrected chi connectivity index (χ4v) is 3.45. The maximum absolute atomic E-state index is 13.0. The Hall–Kier alpha value is -2.52. The number of hydrogen-bond acceptors (Lipinski definition) is 4. The van der Waals surface area contributed by atoms with Gasteiger partial charge in [0, 0.05) is 11.9 Å². The topological polar surface area (TPSA) is 75.3 Å². The molecule has 0 fully saturated rings. The maximum Gasteiger partial charge on any atom is 0.406 e. The number of halogens is 3. The largest absolute Gasteiger partial charge is 0.469 e. The molecule has 1 amide bonds. The summed E-state index contributed by atoms with van der Waals surface area (Å²) >= 11 is 0. The normalized spacial score (nSPS) is 17.9. The van der Waals surface area contributed by atoms with Crippen LogP contribution in [0.1, 0.15) is 17.5 Å².